The zero-order chi connectivity index (χ0) is 22.3. The van der Waals surface area contributed by atoms with Crippen LogP contribution in [0.5, 0.6) is 0 Å². The Morgan fingerprint density at radius 2 is 1.48 bits per heavy atom. The van der Waals surface area contributed by atoms with Crippen LogP contribution in [0.2, 0.25) is 0 Å². The monoisotopic (exact) mass is 472 g/mol. The molecule has 0 aliphatic carbocycles. The van der Waals surface area contributed by atoms with Gasteiger partial charge in [0.15, 0.2) is 0 Å². The molecule has 0 atom stereocenters. The first-order valence-electron chi connectivity index (χ1n) is 10.1. The number of hydrogen-bond donors (Lipinski definition) is 2. The molecule has 2 aromatic carbocycles. The summed E-state index contributed by atoms with van der Waals surface area (Å²) in [6.45, 7) is 4.90. The van der Waals surface area contributed by atoms with Gasteiger partial charge in [-0.3, -0.25) is 9.78 Å². The van der Waals surface area contributed by atoms with Gasteiger partial charge in [0.25, 0.3) is 5.91 Å². The number of hydrogen-bond acceptors (Lipinski definition) is 6. The number of benzene rings is 2. The van der Waals surface area contributed by atoms with Crippen LogP contribution in [-0.2, 0) is 16.5 Å². The SMILES string of the molecule is CCc1ccc(SOSc2ccc(CC)cc2)cc1.O=C(NCCS)c1cccnc1. The topological polar surface area (TPSA) is 51.2 Å². The molecule has 7 heteroatoms. The van der Waals surface area contributed by atoms with Crippen molar-refractivity contribution in [1.82, 2.24) is 10.3 Å². The van der Waals surface area contributed by atoms with E-state index >= 15 is 0 Å². The van der Waals surface area contributed by atoms with E-state index in [9.17, 15) is 4.79 Å². The normalized spacial score (nSPS) is 10.2. The molecule has 0 aliphatic heterocycles. The Morgan fingerprint density at radius 1 is 0.935 bits per heavy atom. The summed E-state index contributed by atoms with van der Waals surface area (Å²) in [6, 6.07) is 20.4. The number of nitrogens with one attached hydrogen (secondary N) is 1. The van der Waals surface area contributed by atoms with Gasteiger partial charge in [-0.2, -0.15) is 12.6 Å². The molecule has 1 aromatic heterocycles. The van der Waals surface area contributed by atoms with Crippen molar-refractivity contribution in [3.63, 3.8) is 0 Å². The Kier molecular flexibility index (Phi) is 12.2. The van der Waals surface area contributed by atoms with Crippen LogP contribution in [0.15, 0.2) is 82.8 Å². The van der Waals surface area contributed by atoms with Crippen molar-refractivity contribution in [2.45, 2.75) is 36.5 Å². The number of carbonyl (C=O) groups excluding carboxylic acids is 1. The Hall–Kier alpha value is -1.93. The molecule has 31 heavy (non-hydrogen) atoms. The lowest BCUT2D eigenvalue weighted by molar-refractivity contribution is 0.0956. The van der Waals surface area contributed by atoms with Crippen LogP contribution in [0.25, 0.3) is 0 Å². The fourth-order valence-electron chi connectivity index (χ4n) is 2.43. The zero-order valence-electron chi connectivity index (χ0n) is 17.8. The molecule has 0 aliphatic rings. The molecular formula is C24H28N2O2S3. The highest BCUT2D eigenvalue weighted by atomic mass is 32.2. The maximum absolute atomic E-state index is 11.2. The van der Waals surface area contributed by atoms with Gasteiger partial charge >= 0.3 is 0 Å². The average Bonchev–Trinajstić information content (AvgIpc) is 2.84. The number of aromatic nitrogens is 1. The third-order valence-electron chi connectivity index (χ3n) is 4.24. The van der Waals surface area contributed by atoms with Crippen molar-refractivity contribution < 1.29 is 8.42 Å². The number of aryl methyl sites for hydroxylation is 2. The second-order valence-corrected chi connectivity index (χ2v) is 8.72. The van der Waals surface area contributed by atoms with Gasteiger partial charge in [-0.15, -0.1) is 0 Å². The first-order valence-corrected chi connectivity index (χ1v) is 12.3. The Labute approximate surface area is 199 Å². The average molecular weight is 473 g/mol. The first kappa shape index (κ1) is 25.3. The van der Waals surface area contributed by atoms with Crippen LogP contribution >= 0.6 is 36.7 Å². The van der Waals surface area contributed by atoms with Crippen LogP contribution in [0.3, 0.4) is 0 Å². The number of pyridine rings is 1. The molecule has 0 fully saturated rings. The minimum absolute atomic E-state index is 0.0999. The van der Waals surface area contributed by atoms with Gasteiger partial charge in [0.2, 0.25) is 0 Å². The molecular weight excluding hydrogens is 444 g/mol. The van der Waals surface area contributed by atoms with Gasteiger partial charge in [0, 0.05) is 58.6 Å². The van der Waals surface area contributed by atoms with Crippen molar-refractivity contribution in [2.24, 2.45) is 0 Å². The lowest BCUT2D eigenvalue weighted by Crippen LogP contribution is -2.25. The van der Waals surface area contributed by atoms with Crippen molar-refractivity contribution in [3.8, 4) is 0 Å². The molecule has 1 heterocycles. The van der Waals surface area contributed by atoms with E-state index in [4.69, 9.17) is 3.63 Å². The summed E-state index contributed by atoms with van der Waals surface area (Å²) in [6.07, 6.45) is 5.32. The third-order valence-corrected chi connectivity index (χ3v) is 5.94. The standard InChI is InChI=1S/C16H18OS2.C8H10N2OS/c1-3-13-5-9-15(10-6-13)18-17-19-16-11-7-14(4-2)8-12-16;11-8(10-4-5-12)7-2-1-3-9-6-7/h5-12H,3-4H2,1-2H3;1-3,6,12H,4-5H2,(H,10,11). The second-order valence-electron chi connectivity index (χ2n) is 6.45. The third kappa shape index (κ3) is 9.82. The summed E-state index contributed by atoms with van der Waals surface area (Å²) in [5.41, 5.74) is 3.29. The quantitative estimate of drug-likeness (QED) is 0.283. The molecule has 0 unspecified atom stereocenters. The first-order chi connectivity index (χ1) is 15.2. The van der Waals surface area contributed by atoms with E-state index in [0.29, 0.717) is 17.9 Å². The maximum atomic E-state index is 11.2. The second kappa shape index (κ2) is 15.0. The number of carbonyl (C=O) groups is 1. The number of thiol groups is 1. The fraction of sp³-hybridized carbons (Fsp3) is 0.250. The Bertz CT molecular complexity index is 841. The molecule has 3 rings (SSSR count). The van der Waals surface area contributed by atoms with Gasteiger partial charge in [0.1, 0.15) is 0 Å². The highest BCUT2D eigenvalue weighted by Gasteiger charge is 2.02. The van der Waals surface area contributed by atoms with Crippen molar-refractivity contribution in [3.05, 3.63) is 89.7 Å². The maximum Gasteiger partial charge on any atom is 0.252 e. The van der Waals surface area contributed by atoms with E-state index in [1.807, 2.05) is 0 Å². The van der Waals surface area contributed by atoms with E-state index < -0.39 is 0 Å². The van der Waals surface area contributed by atoms with Gasteiger partial charge in [0.05, 0.1) is 5.56 Å². The fourth-order valence-corrected chi connectivity index (χ4v) is 3.80. The van der Waals surface area contributed by atoms with E-state index in [-0.39, 0.29) is 5.91 Å². The van der Waals surface area contributed by atoms with E-state index in [2.05, 4.69) is 85.3 Å². The highest BCUT2D eigenvalue weighted by molar-refractivity contribution is 8.07. The molecule has 0 bridgehead atoms. The van der Waals surface area contributed by atoms with Crippen molar-refractivity contribution in [1.29, 1.82) is 0 Å². The summed E-state index contributed by atoms with van der Waals surface area (Å²) in [7, 11) is 0. The molecule has 1 amide bonds. The van der Waals surface area contributed by atoms with E-state index in [1.54, 1.807) is 18.3 Å². The van der Waals surface area contributed by atoms with Crippen LogP contribution in [0.1, 0.15) is 35.3 Å². The molecule has 4 nitrogen and oxygen atoms in total. The summed E-state index contributed by atoms with van der Waals surface area (Å²) in [5, 5.41) is 2.69. The van der Waals surface area contributed by atoms with E-state index in [0.717, 1.165) is 22.6 Å². The van der Waals surface area contributed by atoms with Crippen LogP contribution in [-0.4, -0.2) is 23.2 Å². The smallest absolute Gasteiger partial charge is 0.252 e. The predicted molar refractivity (Wildman–Crippen MR) is 135 cm³/mol. The summed E-state index contributed by atoms with van der Waals surface area (Å²) < 4.78 is 5.59. The number of rotatable bonds is 9. The minimum Gasteiger partial charge on any atom is -0.351 e. The van der Waals surface area contributed by atoms with E-state index in [1.165, 1.54) is 41.4 Å². The van der Waals surface area contributed by atoms with Crippen molar-refractivity contribution >= 4 is 42.6 Å². The lowest BCUT2D eigenvalue weighted by Gasteiger charge is -2.03. The molecule has 1 N–H and O–H groups in total. The highest BCUT2D eigenvalue weighted by Crippen LogP contribution is 2.30. The summed E-state index contributed by atoms with van der Waals surface area (Å²) in [5.74, 6) is 0.545. The van der Waals surface area contributed by atoms with Gasteiger partial charge in [-0.05, 0) is 60.4 Å². The summed E-state index contributed by atoms with van der Waals surface area (Å²) >= 11 is 6.79. The zero-order valence-corrected chi connectivity index (χ0v) is 20.3. The molecule has 3 aromatic rings. The van der Waals surface area contributed by atoms with Crippen LogP contribution < -0.4 is 5.32 Å². The minimum atomic E-state index is -0.0999. The molecule has 164 valence electrons. The van der Waals surface area contributed by atoms with Gasteiger partial charge < -0.3 is 5.32 Å². The molecule has 0 spiro atoms. The number of nitrogens with zero attached hydrogens (tertiary/aromatic N) is 1. The Morgan fingerprint density at radius 3 is 1.90 bits per heavy atom. The summed E-state index contributed by atoms with van der Waals surface area (Å²) in [4.78, 5) is 17.3. The predicted octanol–water partition coefficient (Wildman–Crippen LogP) is 6.28. The van der Waals surface area contributed by atoms with Crippen LogP contribution in [0, 0.1) is 0 Å². The van der Waals surface area contributed by atoms with Gasteiger partial charge in [-0.1, -0.05) is 38.1 Å². The lowest BCUT2D eigenvalue weighted by atomic mass is 10.2. The van der Waals surface area contributed by atoms with Crippen molar-refractivity contribution in [2.75, 3.05) is 12.3 Å². The van der Waals surface area contributed by atoms with Crippen LogP contribution in [0.4, 0.5) is 0 Å². The largest absolute Gasteiger partial charge is 0.351 e. The Balaban J connectivity index is 0.000000245. The van der Waals surface area contributed by atoms with Gasteiger partial charge in [-0.25, -0.2) is 3.63 Å². The number of amides is 1. The molecule has 0 radical (unpaired) electrons. The molecule has 0 saturated carbocycles. The molecule has 0 saturated heterocycles.